The van der Waals surface area contributed by atoms with Crippen LogP contribution < -0.4 is 5.73 Å². The van der Waals surface area contributed by atoms with Gasteiger partial charge in [-0.2, -0.15) is 0 Å². The number of anilines is 1. The molecular formula is C13H21N5O2. The first kappa shape index (κ1) is 14.7. The number of imidazole rings is 1. The predicted octanol–water partition coefficient (Wildman–Crippen LogP) is 1.41. The minimum atomic E-state index is -0.138. The van der Waals surface area contributed by atoms with E-state index in [0.29, 0.717) is 22.8 Å². The molecule has 110 valence electrons. The molecule has 1 aliphatic rings. The second-order valence-electron chi connectivity index (χ2n) is 4.45. The molecule has 3 rings (SSSR count). The zero-order chi connectivity index (χ0) is 14.7. The number of nitrogens with zero attached hydrogens (tertiary/aromatic N) is 4. The van der Waals surface area contributed by atoms with Gasteiger partial charge in [-0.3, -0.25) is 4.57 Å². The molecule has 3 heterocycles. The maximum absolute atomic E-state index is 9.09. The van der Waals surface area contributed by atoms with E-state index in [9.17, 15) is 0 Å². The van der Waals surface area contributed by atoms with Crippen molar-refractivity contribution in [2.75, 3.05) is 12.3 Å². The van der Waals surface area contributed by atoms with Crippen LogP contribution in [-0.4, -0.2) is 37.3 Å². The van der Waals surface area contributed by atoms with Gasteiger partial charge in [-0.15, -0.1) is 0 Å². The molecule has 2 unspecified atom stereocenters. The number of aromatic nitrogens is 4. The maximum Gasteiger partial charge on any atom is 0.167 e. The fraction of sp³-hybridized carbons (Fsp3) is 0.615. The number of nitrogens with two attached hydrogens (primary N) is 1. The molecule has 2 atom stereocenters. The van der Waals surface area contributed by atoms with Crippen molar-refractivity contribution >= 4 is 17.0 Å². The van der Waals surface area contributed by atoms with E-state index >= 15 is 0 Å². The zero-order valence-corrected chi connectivity index (χ0v) is 12.1. The lowest BCUT2D eigenvalue weighted by molar-refractivity contribution is -0.0207. The molecule has 7 nitrogen and oxygen atoms in total. The molecule has 20 heavy (non-hydrogen) atoms. The number of fused-ring (bicyclic) bond motifs is 1. The summed E-state index contributed by atoms with van der Waals surface area (Å²) in [5.41, 5.74) is 7.09. The topological polar surface area (TPSA) is 99.1 Å². The summed E-state index contributed by atoms with van der Waals surface area (Å²) in [5, 5.41) is 9.09. The molecule has 1 saturated heterocycles. The van der Waals surface area contributed by atoms with Crippen LogP contribution in [0.1, 0.15) is 38.7 Å². The molecule has 0 saturated carbocycles. The Morgan fingerprint density at radius 1 is 1.40 bits per heavy atom. The van der Waals surface area contributed by atoms with Gasteiger partial charge in [0.25, 0.3) is 0 Å². The van der Waals surface area contributed by atoms with Crippen LogP contribution in [-0.2, 0) is 4.74 Å². The van der Waals surface area contributed by atoms with Crippen LogP contribution in [0.3, 0.4) is 0 Å². The Balaban J connectivity index is 0.000000704. The van der Waals surface area contributed by atoms with Gasteiger partial charge in [0.2, 0.25) is 0 Å². The van der Waals surface area contributed by atoms with Crippen LogP contribution in [0.4, 0.5) is 5.82 Å². The van der Waals surface area contributed by atoms with Gasteiger partial charge in [0.1, 0.15) is 17.6 Å². The molecule has 1 fully saturated rings. The summed E-state index contributed by atoms with van der Waals surface area (Å²) in [4.78, 5) is 12.7. The first-order valence-corrected chi connectivity index (χ1v) is 6.92. The fourth-order valence-corrected chi connectivity index (χ4v) is 2.29. The predicted molar refractivity (Wildman–Crippen MR) is 76.1 cm³/mol. The Morgan fingerprint density at radius 2 is 2.15 bits per heavy atom. The molecule has 0 aliphatic carbocycles. The first-order valence-electron chi connectivity index (χ1n) is 6.92. The third-order valence-electron chi connectivity index (χ3n) is 3.16. The van der Waals surface area contributed by atoms with E-state index in [2.05, 4.69) is 15.0 Å². The summed E-state index contributed by atoms with van der Waals surface area (Å²) in [7, 11) is 0. The summed E-state index contributed by atoms with van der Waals surface area (Å²) in [5.74, 6) is 0.992. The molecule has 0 amide bonds. The summed E-state index contributed by atoms with van der Waals surface area (Å²) in [6, 6.07) is 0. The Labute approximate surface area is 117 Å². The fourth-order valence-electron chi connectivity index (χ4n) is 2.29. The van der Waals surface area contributed by atoms with Crippen LogP contribution in [0.25, 0.3) is 11.2 Å². The van der Waals surface area contributed by atoms with Crippen molar-refractivity contribution in [2.24, 2.45) is 0 Å². The summed E-state index contributed by atoms with van der Waals surface area (Å²) in [6.45, 7) is 5.83. The molecule has 0 spiro atoms. The Hall–Kier alpha value is -1.73. The number of hydrogen-bond acceptors (Lipinski definition) is 6. The summed E-state index contributed by atoms with van der Waals surface area (Å²) in [6.07, 6.45) is 3.09. The molecule has 7 heteroatoms. The maximum atomic E-state index is 9.09. The van der Waals surface area contributed by atoms with Crippen LogP contribution in [0, 0.1) is 6.92 Å². The highest BCUT2D eigenvalue weighted by Gasteiger charge is 2.27. The lowest BCUT2D eigenvalue weighted by Gasteiger charge is -2.13. The van der Waals surface area contributed by atoms with Gasteiger partial charge in [0.05, 0.1) is 19.0 Å². The highest BCUT2D eigenvalue weighted by molar-refractivity contribution is 5.81. The third-order valence-corrected chi connectivity index (χ3v) is 3.16. The Morgan fingerprint density at radius 3 is 2.80 bits per heavy atom. The molecule has 1 aliphatic heterocycles. The average molecular weight is 279 g/mol. The minimum Gasteiger partial charge on any atom is -0.394 e. The molecule has 2 aromatic rings. The van der Waals surface area contributed by atoms with E-state index in [1.807, 2.05) is 18.4 Å². The van der Waals surface area contributed by atoms with Gasteiger partial charge in [-0.1, -0.05) is 13.8 Å². The van der Waals surface area contributed by atoms with Gasteiger partial charge in [-0.25, -0.2) is 15.0 Å². The van der Waals surface area contributed by atoms with Gasteiger partial charge in [-0.05, 0) is 19.8 Å². The monoisotopic (exact) mass is 279 g/mol. The van der Waals surface area contributed by atoms with Gasteiger partial charge >= 0.3 is 0 Å². The van der Waals surface area contributed by atoms with E-state index in [1.165, 1.54) is 0 Å². The first-order chi connectivity index (χ1) is 9.69. The smallest absolute Gasteiger partial charge is 0.167 e. The van der Waals surface area contributed by atoms with E-state index in [4.69, 9.17) is 15.6 Å². The third kappa shape index (κ3) is 2.59. The number of aryl methyl sites for hydroxylation is 1. The molecule has 2 aromatic heterocycles. The van der Waals surface area contributed by atoms with Crippen LogP contribution in [0.2, 0.25) is 0 Å². The largest absolute Gasteiger partial charge is 0.394 e. The molecule has 0 aromatic carbocycles. The Bertz CT molecular complexity index is 583. The summed E-state index contributed by atoms with van der Waals surface area (Å²) < 4.78 is 7.57. The van der Waals surface area contributed by atoms with Gasteiger partial charge in [0.15, 0.2) is 11.5 Å². The van der Waals surface area contributed by atoms with Crippen molar-refractivity contribution in [3.05, 3.63) is 12.2 Å². The minimum absolute atomic E-state index is 0.0410. The van der Waals surface area contributed by atoms with Gasteiger partial charge < -0.3 is 15.6 Å². The second kappa shape index (κ2) is 6.15. The van der Waals surface area contributed by atoms with E-state index < -0.39 is 0 Å². The van der Waals surface area contributed by atoms with E-state index in [0.717, 1.165) is 12.8 Å². The highest BCUT2D eigenvalue weighted by atomic mass is 16.5. The number of rotatable bonds is 2. The number of aliphatic hydroxyl groups is 1. The lowest BCUT2D eigenvalue weighted by atomic mass is 10.2. The van der Waals surface area contributed by atoms with Crippen molar-refractivity contribution in [3.63, 3.8) is 0 Å². The number of nitrogen functional groups attached to an aromatic ring is 1. The van der Waals surface area contributed by atoms with Gasteiger partial charge in [0, 0.05) is 0 Å². The van der Waals surface area contributed by atoms with Crippen molar-refractivity contribution in [1.82, 2.24) is 19.5 Å². The van der Waals surface area contributed by atoms with Crippen molar-refractivity contribution < 1.29 is 9.84 Å². The molecule has 0 bridgehead atoms. The number of hydrogen-bond donors (Lipinski definition) is 2. The normalized spacial score (nSPS) is 21.8. The quantitative estimate of drug-likeness (QED) is 0.862. The van der Waals surface area contributed by atoms with Crippen LogP contribution in [0.15, 0.2) is 6.33 Å². The molecule has 0 radical (unpaired) electrons. The van der Waals surface area contributed by atoms with Crippen LogP contribution >= 0.6 is 0 Å². The van der Waals surface area contributed by atoms with Crippen molar-refractivity contribution in [3.8, 4) is 0 Å². The number of ether oxygens (including phenoxy) is 1. The van der Waals surface area contributed by atoms with E-state index in [-0.39, 0.29) is 18.9 Å². The average Bonchev–Trinajstić information content (AvgIpc) is 3.06. The van der Waals surface area contributed by atoms with Crippen molar-refractivity contribution in [2.45, 2.75) is 45.9 Å². The molecule has 3 N–H and O–H groups in total. The summed E-state index contributed by atoms with van der Waals surface area (Å²) >= 11 is 0. The lowest BCUT2D eigenvalue weighted by Crippen LogP contribution is -2.14. The van der Waals surface area contributed by atoms with E-state index in [1.54, 1.807) is 13.3 Å². The highest BCUT2D eigenvalue weighted by Crippen LogP contribution is 2.30. The number of aliphatic hydroxyl groups excluding tert-OH is 1. The Kier molecular flexibility index (Phi) is 4.51. The second-order valence-corrected chi connectivity index (χ2v) is 4.45. The van der Waals surface area contributed by atoms with Crippen molar-refractivity contribution in [1.29, 1.82) is 0 Å². The van der Waals surface area contributed by atoms with Crippen LogP contribution in [0.5, 0.6) is 0 Å². The SMILES string of the molecule is CC.Cc1nc(N)c2ncn(C3CCC(CO)O3)c2n1. The molecular weight excluding hydrogens is 258 g/mol. The standard InChI is InChI=1S/C11H15N5O2.C2H6/c1-6-14-10(12)9-11(15-6)16(5-13-9)8-3-2-7(4-17)18-8;1-2/h5,7-8,17H,2-4H2,1H3,(H2,12,14,15);1-2H3. The zero-order valence-electron chi connectivity index (χ0n) is 12.1.